The number of rotatable bonds is 6. The summed E-state index contributed by atoms with van der Waals surface area (Å²) in [6, 6.07) is 16.5. The third kappa shape index (κ3) is 5.89. The molecule has 0 aliphatic rings. The Morgan fingerprint density at radius 2 is 1.36 bits per heavy atom. The van der Waals surface area contributed by atoms with Crippen LogP contribution in [0.15, 0.2) is 54.6 Å². The highest BCUT2D eigenvalue weighted by atomic mass is 35.5. The van der Waals surface area contributed by atoms with Crippen LogP contribution in [0, 0.1) is 5.92 Å². The van der Waals surface area contributed by atoms with E-state index in [9.17, 15) is 9.59 Å². The van der Waals surface area contributed by atoms with E-state index in [1.165, 1.54) is 0 Å². The number of benzene rings is 2. The fourth-order valence-corrected chi connectivity index (χ4v) is 2.23. The number of carbonyl (C=O) groups excluding carboxylic acids is 2. The molecular weight excluding hydrogens is 338 g/mol. The minimum Gasteiger partial charge on any atom is -0.329 e. The van der Waals surface area contributed by atoms with Gasteiger partial charge in [-0.25, -0.2) is 0 Å². The van der Waals surface area contributed by atoms with Crippen LogP contribution >= 0.6 is 12.4 Å². The van der Waals surface area contributed by atoms with Crippen molar-refractivity contribution in [2.45, 2.75) is 19.8 Å². The molecule has 1 atom stereocenters. The zero-order valence-corrected chi connectivity index (χ0v) is 15.2. The number of nitrogens with two attached hydrogens (primary N) is 1. The minimum atomic E-state index is -0.397. The summed E-state index contributed by atoms with van der Waals surface area (Å²) in [6.07, 6.45) is 0. The van der Waals surface area contributed by atoms with Crippen molar-refractivity contribution in [3.8, 4) is 0 Å². The van der Waals surface area contributed by atoms with E-state index in [1.54, 1.807) is 24.3 Å². The maximum absolute atomic E-state index is 12.4. The fraction of sp³-hybridized carbons (Fsp3) is 0.263. The van der Waals surface area contributed by atoms with Gasteiger partial charge in [-0.1, -0.05) is 44.2 Å². The number of hydrogen-bond donors (Lipinski definition) is 3. The molecule has 134 valence electrons. The molecule has 0 aromatic heterocycles. The van der Waals surface area contributed by atoms with Crippen LogP contribution in [0.3, 0.4) is 0 Å². The van der Waals surface area contributed by atoms with Crippen molar-refractivity contribution in [3.63, 3.8) is 0 Å². The molecule has 0 radical (unpaired) electrons. The molecule has 0 saturated heterocycles. The van der Waals surface area contributed by atoms with E-state index in [-0.39, 0.29) is 36.7 Å². The maximum Gasteiger partial charge on any atom is 0.233 e. The molecule has 5 nitrogen and oxygen atoms in total. The summed E-state index contributed by atoms with van der Waals surface area (Å²) in [6.45, 7) is 3.90. The van der Waals surface area contributed by atoms with E-state index >= 15 is 0 Å². The summed E-state index contributed by atoms with van der Waals surface area (Å²) < 4.78 is 0. The van der Waals surface area contributed by atoms with Crippen LogP contribution < -0.4 is 16.4 Å². The van der Waals surface area contributed by atoms with Crippen LogP contribution in [0.5, 0.6) is 0 Å². The molecule has 2 aromatic carbocycles. The first kappa shape index (κ1) is 20.7. The number of anilines is 2. The van der Waals surface area contributed by atoms with Gasteiger partial charge in [0.15, 0.2) is 0 Å². The molecule has 0 heterocycles. The Hall–Kier alpha value is -2.37. The number of amides is 2. The Labute approximate surface area is 154 Å². The van der Waals surface area contributed by atoms with Gasteiger partial charge in [0.25, 0.3) is 0 Å². The Balaban J connectivity index is 0.00000312. The lowest BCUT2D eigenvalue weighted by Crippen LogP contribution is -2.27. The van der Waals surface area contributed by atoms with Gasteiger partial charge >= 0.3 is 0 Å². The zero-order chi connectivity index (χ0) is 17.5. The first-order valence-electron chi connectivity index (χ1n) is 7.98. The van der Waals surface area contributed by atoms with Gasteiger partial charge in [0.05, 0.1) is 5.92 Å². The van der Waals surface area contributed by atoms with Crippen molar-refractivity contribution in [2.24, 2.45) is 11.7 Å². The monoisotopic (exact) mass is 361 g/mol. The summed E-state index contributed by atoms with van der Waals surface area (Å²) in [5, 5.41) is 5.67. The molecule has 2 aromatic rings. The predicted octanol–water partition coefficient (Wildman–Crippen LogP) is 3.38. The molecule has 1 unspecified atom stereocenters. The largest absolute Gasteiger partial charge is 0.329 e. The van der Waals surface area contributed by atoms with Gasteiger partial charge in [0, 0.05) is 23.8 Å². The van der Waals surface area contributed by atoms with E-state index in [1.807, 2.05) is 44.2 Å². The molecule has 0 aliphatic heterocycles. The smallest absolute Gasteiger partial charge is 0.233 e. The first-order chi connectivity index (χ1) is 11.5. The van der Waals surface area contributed by atoms with E-state index in [0.29, 0.717) is 11.4 Å². The summed E-state index contributed by atoms with van der Waals surface area (Å²) in [5.74, 6) is -0.672. The van der Waals surface area contributed by atoms with Gasteiger partial charge in [-0.15, -0.1) is 12.4 Å². The third-order valence-electron chi connectivity index (χ3n) is 3.70. The zero-order valence-electron chi connectivity index (χ0n) is 14.4. The van der Waals surface area contributed by atoms with Gasteiger partial charge in [-0.05, 0) is 29.8 Å². The molecule has 0 saturated carbocycles. The molecule has 25 heavy (non-hydrogen) atoms. The molecule has 0 spiro atoms. The second-order valence-corrected chi connectivity index (χ2v) is 5.91. The average Bonchev–Trinajstić information content (AvgIpc) is 2.58. The van der Waals surface area contributed by atoms with E-state index in [0.717, 1.165) is 5.56 Å². The van der Waals surface area contributed by atoms with Crippen molar-refractivity contribution in [2.75, 3.05) is 17.2 Å². The van der Waals surface area contributed by atoms with E-state index in [2.05, 4.69) is 10.6 Å². The van der Waals surface area contributed by atoms with Crippen LogP contribution in [0.4, 0.5) is 11.4 Å². The standard InChI is InChI=1S/C19H23N3O2.ClH/c1-13(2)18(23)21-15-8-10-16(11-9-15)22-19(24)17(12-20)14-6-4-3-5-7-14;/h3-11,13,17H,12,20H2,1-2H3,(H,21,23)(H,22,24);1H. The average molecular weight is 362 g/mol. The molecule has 0 fully saturated rings. The SMILES string of the molecule is CC(C)C(=O)Nc1ccc(NC(=O)C(CN)c2ccccc2)cc1.Cl. The lowest BCUT2D eigenvalue weighted by molar-refractivity contribution is -0.119. The third-order valence-corrected chi connectivity index (χ3v) is 3.70. The maximum atomic E-state index is 12.4. The number of nitrogens with one attached hydrogen (secondary N) is 2. The van der Waals surface area contributed by atoms with Gasteiger partial charge in [0.1, 0.15) is 0 Å². The molecule has 2 amide bonds. The lowest BCUT2D eigenvalue weighted by atomic mass is 9.98. The second kappa shape index (κ2) is 9.81. The Morgan fingerprint density at radius 1 is 0.880 bits per heavy atom. The molecule has 6 heteroatoms. The topological polar surface area (TPSA) is 84.2 Å². The van der Waals surface area contributed by atoms with Crippen molar-refractivity contribution in [1.29, 1.82) is 0 Å². The van der Waals surface area contributed by atoms with Crippen molar-refractivity contribution in [1.82, 2.24) is 0 Å². The van der Waals surface area contributed by atoms with E-state index in [4.69, 9.17) is 5.73 Å². The van der Waals surface area contributed by atoms with Crippen molar-refractivity contribution < 1.29 is 9.59 Å². The summed E-state index contributed by atoms with van der Waals surface area (Å²) in [4.78, 5) is 24.1. The lowest BCUT2D eigenvalue weighted by Gasteiger charge is -2.15. The van der Waals surface area contributed by atoms with Crippen LogP contribution in [-0.4, -0.2) is 18.4 Å². The molecular formula is C19H24ClN3O2. The summed E-state index contributed by atoms with van der Waals surface area (Å²) in [5.41, 5.74) is 8.01. The fourth-order valence-electron chi connectivity index (χ4n) is 2.23. The quantitative estimate of drug-likeness (QED) is 0.737. The van der Waals surface area contributed by atoms with Gasteiger partial charge in [-0.2, -0.15) is 0 Å². The van der Waals surface area contributed by atoms with Gasteiger partial charge in [0.2, 0.25) is 11.8 Å². The number of hydrogen-bond acceptors (Lipinski definition) is 3. The normalized spacial score (nSPS) is 11.4. The van der Waals surface area contributed by atoms with Crippen molar-refractivity contribution >= 4 is 35.6 Å². The highest BCUT2D eigenvalue weighted by molar-refractivity contribution is 5.96. The van der Waals surface area contributed by atoms with Crippen molar-refractivity contribution in [3.05, 3.63) is 60.2 Å². The molecule has 4 N–H and O–H groups in total. The highest BCUT2D eigenvalue weighted by Crippen LogP contribution is 2.19. The second-order valence-electron chi connectivity index (χ2n) is 5.91. The molecule has 0 aliphatic carbocycles. The minimum absolute atomic E-state index is 0. The number of halogens is 1. The summed E-state index contributed by atoms with van der Waals surface area (Å²) >= 11 is 0. The van der Waals surface area contributed by atoms with Crippen LogP contribution in [0.25, 0.3) is 0 Å². The first-order valence-corrected chi connectivity index (χ1v) is 7.98. The molecule has 2 rings (SSSR count). The van der Waals surface area contributed by atoms with Gasteiger partial charge in [-0.3, -0.25) is 9.59 Å². The summed E-state index contributed by atoms with van der Waals surface area (Å²) in [7, 11) is 0. The Bertz CT molecular complexity index is 688. The van der Waals surface area contributed by atoms with Crippen LogP contribution in [0.1, 0.15) is 25.3 Å². The van der Waals surface area contributed by atoms with E-state index < -0.39 is 5.92 Å². The number of carbonyl (C=O) groups is 2. The predicted molar refractivity (Wildman–Crippen MR) is 104 cm³/mol. The Morgan fingerprint density at radius 3 is 1.80 bits per heavy atom. The van der Waals surface area contributed by atoms with Crippen LogP contribution in [-0.2, 0) is 9.59 Å². The highest BCUT2D eigenvalue weighted by Gasteiger charge is 2.18. The Kier molecular flexibility index (Phi) is 8.11. The van der Waals surface area contributed by atoms with Crippen LogP contribution in [0.2, 0.25) is 0 Å². The molecule has 0 bridgehead atoms. The van der Waals surface area contributed by atoms with Gasteiger partial charge < -0.3 is 16.4 Å².